The molecule has 0 radical (unpaired) electrons. The zero-order chi connectivity index (χ0) is 21.7. The Balaban J connectivity index is 1.32. The van der Waals surface area contributed by atoms with Gasteiger partial charge in [-0.2, -0.15) is 0 Å². The molecular formula is C22H34FN5OS. The fraction of sp³-hybridized carbons (Fsp3) is 0.636. The number of nitrogens with one attached hydrogen (secondary N) is 2. The molecule has 30 heavy (non-hydrogen) atoms. The molecule has 2 saturated heterocycles. The van der Waals surface area contributed by atoms with Gasteiger partial charge in [-0.1, -0.05) is 12.1 Å². The van der Waals surface area contributed by atoms with Gasteiger partial charge in [0.15, 0.2) is 5.11 Å². The third kappa shape index (κ3) is 6.04. The van der Waals surface area contributed by atoms with E-state index in [2.05, 4.69) is 41.2 Å². The number of amides is 1. The van der Waals surface area contributed by atoms with Crippen LogP contribution in [-0.2, 0) is 4.79 Å². The fourth-order valence-corrected chi connectivity index (χ4v) is 4.87. The summed E-state index contributed by atoms with van der Waals surface area (Å²) in [6.07, 6.45) is 1.84. The molecular weight excluding hydrogens is 401 g/mol. The van der Waals surface area contributed by atoms with E-state index in [1.807, 2.05) is 17.0 Å². The lowest BCUT2D eigenvalue weighted by molar-refractivity contribution is -0.122. The zero-order valence-corrected chi connectivity index (χ0v) is 19.1. The highest BCUT2D eigenvalue weighted by Gasteiger charge is 2.33. The molecule has 0 aliphatic carbocycles. The van der Waals surface area contributed by atoms with Gasteiger partial charge in [0.25, 0.3) is 0 Å². The van der Waals surface area contributed by atoms with Gasteiger partial charge in [-0.3, -0.25) is 9.69 Å². The molecule has 0 aromatic heterocycles. The smallest absolute Gasteiger partial charge is 0.239 e. The van der Waals surface area contributed by atoms with Crippen LogP contribution in [0.15, 0.2) is 24.3 Å². The Morgan fingerprint density at radius 3 is 2.63 bits per heavy atom. The van der Waals surface area contributed by atoms with Crippen molar-refractivity contribution in [2.45, 2.75) is 45.2 Å². The minimum absolute atomic E-state index is 0.00933. The average molecular weight is 436 g/mol. The van der Waals surface area contributed by atoms with Crippen molar-refractivity contribution in [3.05, 3.63) is 30.1 Å². The molecule has 2 N–H and O–H groups in total. The van der Waals surface area contributed by atoms with E-state index < -0.39 is 0 Å². The van der Waals surface area contributed by atoms with E-state index in [4.69, 9.17) is 12.2 Å². The summed E-state index contributed by atoms with van der Waals surface area (Å²) in [5, 5.41) is 6.99. The van der Waals surface area contributed by atoms with Gasteiger partial charge in [0.1, 0.15) is 5.82 Å². The van der Waals surface area contributed by atoms with Gasteiger partial charge < -0.3 is 20.4 Å². The van der Waals surface area contributed by atoms with Crippen LogP contribution >= 0.6 is 12.2 Å². The maximum atomic E-state index is 13.9. The predicted molar refractivity (Wildman–Crippen MR) is 123 cm³/mol. The minimum Gasteiger partial charge on any atom is -0.367 e. The third-order valence-electron chi connectivity index (χ3n) is 5.90. The molecule has 1 aromatic rings. The summed E-state index contributed by atoms with van der Waals surface area (Å²) in [7, 11) is 0. The molecule has 166 valence electrons. The number of nitrogens with zero attached hydrogens (tertiary/aromatic N) is 3. The number of hydrogen-bond donors (Lipinski definition) is 2. The van der Waals surface area contributed by atoms with Crippen LogP contribution in [0.2, 0.25) is 0 Å². The lowest BCUT2D eigenvalue weighted by Crippen LogP contribution is -2.61. The van der Waals surface area contributed by atoms with Crippen molar-refractivity contribution in [1.82, 2.24) is 20.4 Å². The maximum Gasteiger partial charge on any atom is 0.239 e. The Hall–Kier alpha value is -1.93. The summed E-state index contributed by atoms with van der Waals surface area (Å²) in [6.45, 7) is 11.7. The summed E-state index contributed by atoms with van der Waals surface area (Å²) in [5.41, 5.74) is 0.659. The largest absolute Gasteiger partial charge is 0.367 e. The molecule has 0 saturated carbocycles. The number of piperazine rings is 1. The minimum atomic E-state index is -0.157. The van der Waals surface area contributed by atoms with Crippen molar-refractivity contribution in [3.8, 4) is 0 Å². The van der Waals surface area contributed by atoms with Crippen molar-refractivity contribution in [3.63, 3.8) is 0 Å². The second-order valence-electron chi connectivity index (χ2n) is 8.98. The lowest BCUT2D eigenvalue weighted by Gasteiger charge is -2.44. The summed E-state index contributed by atoms with van der Waals surface area (Å²) in [5.74, 6) is -0.148. The summed E-state index contributed by atoms with van der Waals surface area (Å²) >= 11 is 5.45. The molecule has 0 unspecified atom stereocenters. The highest BCUT2D eigenvalue weighted by molar-refractivity contribution is 7.80. The highest BCUT2D eigenvalue weighted by Crippen LogP contribution is 2.22. The van der Waals surface area contributed by atoms with E-state index in [1.165, 1.54) is 6.07 Å². The number of thiocarbonyl (C=S) groups is 1. The van der Waals surface area contributed by atoms with Crippen molar-refractivity contribution < 1.29 is 9.18 Å². The van der Waals surface area contributed by atoms with Gasteiger partial charge in [-0.05, 0) is 64.5 Å². The molecule has 0 bridgehead atoms. The molecule has 2 aliphatic rings. The van der Waals surface area contributed by atoms with Crippen LogP contribution in [0, 0.1) is 5.82 Å². The van der Waals surface area contributed by atoms with Crippen LogP contribution in [0.25, 0.3) is 0 Å². The van der Waals surface area contributed by atoms with Crippen molar-refractivity contribution in [2.24, 2.45) is 0 Å². The molecule has 1 aromatic carbocycles. The first-order valence-electron chi connectivity index (χ1n) is 10.8. The van der Waals surface area contributed by atoms with E-state index in [0.717, 1.165) is 45.6 Å². The number of halogens is 1. The monoisotopic (exact) mass is 435 g/mol. The molecule has 8 heteroatoms. The molecule has 2 fully saturated rings. The number of carbonyl (C=O) groups is 1. The number of carbonyl (C=O) groups excluding carboxylic acids is 1. The molecule has 0 spiro atoms. The van der Waals surface area contributed by atoms with Crippen LogP contribution < -0.4 is 15.5 Å². The maximum absolute atomic E-state index is 13.9. The fourth-order valence-electron chi connectivity index (χ4n) is 4.35. The van der Waals surface area contributed by atoms with Gasteiger partial charge in [-0.15, -0.1) is 0 Å². The van der Waals surface area contributed by atoms with E-state index in [0.29, 0.717) is 23.9 Å². The Morgan fingerprint density at radius 2 is 1.97 bits per heavy atom. The van der Waals surface area contributed by atoms with Crippen molar-refractivity contribution >= 4 is 28.9 Å². The van der Waals surface area contributed by atoms with Crippen LogP contribution in [-0.4, -0.2) is 78.2 Å². The molecule has 1 amide bonds. The predicted octanol–water partition coefficient (Wildman–Crippen LogP) is 2.20. The highest BCUT2D eigenvalue weighted by atomic mass is 32.1. The van der Waals surface area contributed by atoms with Crippen molar-refractivity contribution in [2.75, 3.05) is 50.7 Å². The third-order valence-corrected chi connectivity index (χ3v) is 6.23. The number of para-hydroxylation sites is 1. The topological polar surface area (TPSA) is 50.9 Å². The summed E-state index contributed by atoms with van der Waals surface area (Å²) < 4.78 is 13.9. The zero-order valence-electron chi connectivity index (χ0n) is 18.3. The lowest BCUT2D eigenvalue weighted by atomic mass is 9.93. The van der Waals surface area contributed by atoms with Crippen LogP contribution in [0.5, 0.6) is 0 Å². The first-order valence-corrected chi connectivity index (χ1v) is 11.2. The van der Waals surface area contributed by atoms with Crippen molar-refractivity contribution in [1.29, 1.82) is 0 Å². The second-order valence-corrected chi connectivity index (χ2v) is 9.37. The first kappa shape index (κ1) is 22.7. The Labute approximate surface area is 184 Å². The second kappa shape index (κ2) is 9.92. The average Bonchev–Trinajstić information content (AvgIpc) is 2.68. The first-order chi connectivity index (χ1) is 14.2. The van der Waals surface area contributed by atoms with Gasteiger partial charge in [0.05, 0.1) is 12.2 Å². The van der Waals surface area contributed by atoms with E-state index in [-0.39, 0.29) is 23.3 Å². The summed E-state index contributed by atoms with van der Waals surface area (Å²) in [4.78, 5) is 18.8. The Bertz CT molecular complexity index is 751. The molecule has 2 heterocycles. The van der Waals surface area contributed by atoms with Crippen LogP contribution in [0.1, 0.15) is 33.6 Å². The number of rotatable bonds is 7. The molecule has 2 aliphatic heterocycles. The normalized spacial score (nSPS) is 22.0. The quantitative estimate of drug-likeness (QED) is 0.506. The number of benzene rings is 1. The van der Waals surface area contributed by atoms with Crippen LogP contribution in [0.3, 0.4) is 0 Å². The van der Waals surface area contributed by atoms with Gasteiger partial charge >= 0.3 is 0 Å². The number of hydrogen-bond acceptors (Lipinski definition) is 4. The summed E-state index contributed by atoms with van der Waals surface area (Å²) in [6, 6.07) is 7.19. The molecule has 1 atom stereocenters. The molecule has 6 nitrogen and oxygen atoms in total. The van der Waals surface area contributed by atoms with Gasteiger partial charge in [0, 0.05) is 44.3 Å². The number of anilines is 1. The Kier molecular flexibility index (Phi) is 7.52. The van der Waals surface area contributed by atoms with Crippen LogP contribution in [0.4, 0.5) is 10.1 Å². The van der Waals surface area contributed by atoms with Gasteiger partial charge in [-0.25, -0.2) is 4.39 Å². The standard InChI is InChI=1S/C22H34FN5OS/c1-17-15-22(2,3)25-21(30)28(17)16-20(29)24-9-6-10-26-11-13-27(14-12-26)19-8-5-4-7-18(19)23/h4-5,7-8,17H,6,9-16H2,1-3H3,(H,24,29)(H,25,30)/t17-/m0/s1. The SMILES string of the molecule is C[C@H]1CC(C)(C)NC(=S)N1CC(=O)NCCCN1CCN(c2ccccc2F)CC1. The van der Waals surface area contributed by atoms with Gasteiger partial charge in [0.2, 0.25) is 5.91 Å². The van der Waals surface area contributed by atoms with E-state index in [9.17, 15) is 9.18 Å². The molecule has 3 rings (SSSR count). The Morgan fingerprint density at radius 1 is 1.27 bits per heavy atom. The van der Waals surface area contributed by atoms with E-state index in [1.54, 1.807) is 6.07 Å². The van der Waals surface area contributed by atoms with E-state index >= 15 is 0 Å².